The molecule has 0 bridgehead atoms. The number of fused-ring (bicyclic) bond motifs is 1. The zero-order chi connectivity index (χ0) is 19.3. The number of nitrogens with one attached hydrogen (secondary N) is 1. The van der Waals surface area contributed by atoms with Crippen LogP contribution >= 0.6 is 0 Å². The lowest BCUT2D eigenvalue weighted by molar-refractivity contribution is -0.126. The van der Waals surface area contributed by atoms with Crippen molar-refractivity contribution in [2.24, 2.45) is 0 Å². The van der Waals surface area contributed by atoms with Crippen LogP contribution in [0.1, 0.15) is 35.2 Å². The number of hydrogen-bond donors (Lipinski definition) is 1. The minimum absolute atomic E-state index is 0.0667. The molecule has 0 fully saturated rings. The molecule has 1 N–H and O–H groups in total. The molecule has 0 radical (unpaired) electrons. The standard InChI is InChI=1S/C25H26N2O/c1-19(27-17-16-20-10-8-9-15-23(20)18-27)25(28)26-24(21-11-4-2-5-12-21)22-13-6-3-7-14-22/h2-15,19,24H,16-18H2,1H3,(H,26,28)/t19-/m0/s1. The van der Waals surface area contributed by atoms with Gasteiger partial charge in [0.05, 0.1) is 12.1 Å². The second kappa shape index (κ2) is 8.41. The highest BCUT2D eigenvalue weighted by Crippen LogP contribution is 2.24. The van der Waals surface area contributed by atoms with E-state index in [4.69, 9.17) is 0 Å². The first-order chi connectivity index (χ1) is 13.7. The zero-order valence-corrected chi connectivity index (χ0v) is 16.2. The Bertz CT molecular complexity index is 884. The van der Waals surface area contributed by atoms with Crippen LogP contribution in [-0.2, 0) is 17.8 Å². The first-order valence-electron chi connectivity index (χ1n) is 9.93. The van der Waals surface area contributed by atoms with Crippen molar-refractivity contribution in [2.75, 3.05) is 6.54 Å². The summed E-state index contributed by atoms with van der Waals surface area (Å²) in [6.45, 7) is 3.75. The van der Waals surface area contributed by atoms with E-state index in [1.54, 1.807) is 0 Å². The molecule has 3 nitrogen and oxygen atoms in total. The third-order valence-corrected chi connectivity index (χ3v) is 5.64. The van der Waals surface area contributed by atoms with Gasteiger partial charge >= 0.3 is 0 Å². The van der Waals surface area contributed by atoms with Crippen LogP contribution in [0.2, 0.25) is 0 Å². The van der Waals surface area contributed by atoms with Gasteiger partial charge in [-0.3, -0.25) is 9.69 Å². The van der Waals surface area contributed by atoms with Crippen LogP contribution in [0.15, 0.2) is 84.9 Å². The number of nitrogens with zero attached hydrogens (tertiary/aromatic N) is 1. The van der Waals surface area contributed by atoms with E-state index in [2.05, 4.69) is 58.7 Å². The summed E-state index contributed by atoms with van der Waals surface area (Å²) in [6, 6.07) is 28.6. The number of benzene rings is 3. The molecule has 0 spiro atoms. The maximum Gasteiger partial charge on any atom is 0.237 e. The van der Waals surface area contributed by atoms with Crippen molar-refractivity contribution < 1.29 is 4.79 Å². The van der Waals surface area contributed by atoms with E-state index in [0.29, 0.717) is 0 Å². The van der Waals surface area contributed by atoms with Crippen LogP contribution in [0.5, 0.6) is 0 Å². The van der Waals surface area contributed by atoms with Gasteiger partial charge in [-0.2, -0.15) is 0 Å². The van der Waals surface area contributed by atoms with E-state index in [1.807, 2.05) is 43.3 Å². The van der Waals surface area contributed by atoms with Gasteiger partial charge in [0.25, 0.3) is 0 Å². The summed E-state index contributed by atoms with van der Waals surface area (Å²) in [7, 11) is 0. The molecule has 0 unspecified atom stereocenters. The molecular weight excluding hydrogens is 344 g/mol. The molecule has 3 aromatic rings. The van der Waals surface area contributed by atoms with Gasteiger partial charge in [-0.25, -0.2) is 0 Å². The van der Waals surface area contributed by atoms with Crippen LogP contribution in [-0.4, -0.2) is 23.4 Å². The van der Waals surface area contributed by atoms with Crippen LogP contribution in [0.4, 0.5) is 0 Å². The fourth-order valence-electron chi connectivity index (χ4n) is 3.93. The quantitative estimate of drug-likeness (QED) is 0.725. The van der Waals surface area contributed by atoms with Crippen molar-refractivity contribution in [3.63, 3.8) is 0 Å². The maximum absolute atomic E-state index is 13.2. The lowest BCUT2D eigenvalue weighted by Crippen LogP contribution is -2.48. The van der Waals surface area contributed by atoms with Gasteiger partial charge in [-0.15, -0.1) is 0 Å². The number of amides is 1. The van der Waals surface area contributed by atoms with Crippen LogP contribution in [0.3, 0.4) is 0 Å². The van der Waals surface area contributed by atoms with Crippen molar-refractivity contribution in [1.82, 2.24) is 10.2 Å². The minimum atomic E-state index is -0.178. The molecule has 142 valence electrons. The Labute approximate surface area is 167 Å². The summed E-state index contributed by atoms with van der Waals surface area (Å²) < 4.78 is 0. The monoisotopic (exact) mass is 370 g/mol. The highest BCUT2D eigenvalue weighted by Gasteiger charge is 2.27. The molecule has 0 saturated heterocycles. The fraction of sp³-hybridized carbons (Fsp3) is 0.240. The van der Waals surface area contributed by atoms with E-state index in [1.165, 1.54) is 11.1 Å². The van der Waals surface area contributed by atoms with Gasteiger partial charge in [0.1, 0.15) is 0 Å². The summed E-state index contributed by atoms with van der Waals surface area (Å²) in [4.78, 5) is 15.4. The Morgan fingerprint density at radius 1 is 0.821 bits per heavy atom. The van der Waals surface area contributed by atoms with Crippen molar-refractivity contribution in [1.29, 1.82) is 0 Å². The van der Waals surface area contributed by atoms with E-state index in [9.17, 15) is 4.79 Å². The predicted octanol–water partition coefficient (Wildman–Crippen LogP) is 4.34. The molecule has 1 aliphatic rings. The summed E-state index contributed by atoms with van der Waals surface area (Å²) in [5.41, 5.74) is 4.92. The second-order valence-corrected chi connectivity index (χ2v) is 7.43. The van der Waals surface area contributed by atoms with E-state index in [0.717, 1.165) is 30.6 Å². The summed E-state index contributed by atoms with van der Waals surface area (Å²) >= 11 is 0. The molecule has 0 aromatic heterocycles. The Morgan fingerprint density at radius 3 is 1.96 bits per heavy atom. The molecule has 0 saturated carbocycles. The van der Waals surface area contributed by atoms with Crippen LogP contribution in [0, 0.1) is 0 Å². The summed E-state index contributed by atoms with van der Waals surface area (Å²) in [5, 5.41) is 3.29. The highest BCUT2D eigenvalue weighted by molar-refractivity contribution is 5.82. The topological polar surface area (TPSA) is 32.3 Å². The number of rotatable bonds is 5. The first kappa shape index (κ1) is 18.5. The third kappa shape index (κ3) is 4.00. The molecule has 1 aliphatic heterocycles. The van der Waals surface area contributed by atoms with Gasteiger partial charge in [0, 0.05) is 13.1 Å². The second-order valence-electron chi connectivity index (χ2n) is 7.43. The largest absolute Gasteiger partial charge is 0.344 e. The Kier molecular flexibility index (Phi) is 5.54. The van der Waals surface area contributed by atoms with E-state index in [-0.39, 0.29) is 18.0 Å². The maximum atomic E-state index is 13.2. The van der Waals surface area contributed by atoms with Crippen LogP contribution in [0.25, 0.3) is 0 Å². The van der Waals surface area contributed by atoms with E-state index < -0.39 is 0 Å². The Morgan fingerprint density at radius 2 is 1.36 bits per heavy atom. The predicted molar refractivity (Wildman–Crippen MR) is 113 cm³/mol. The van der Waals surface area contributed by atoms with Gasteiger partial charge in [0.2, 0.25) is 5.91 Å². The summed E-state index contributed by atoms with van der Waals surface area (Å²) in [5.74, 6) is 0.0667. The van der Waals surface area contributed by atoms with Crippen LogP contribution < -0.4 is 5.32 Å². The molecule has 1 atom stereocenters. The van der Waals surface area contributed by atoms with Crippen molar-refractivity contribution in [2.45, 2.75) is 32.0 Å². The van der Waals surface area contributed by atoms with Gasteiger partial charge < -0.3 is 5.32 Å². The van der Waals surface area contributed by atoms with Crippen molar-refractivity contribution >= 4 is 5.91 Å². The third-order valence-electron chi connectivity index (χ3n) is 5.64. The SMILES string of the molecule is C[C@@H](C(=O)NC(c1ccccc1)c1ccccc1)N1CCc2ccccc2C1. The minimum Gasteiger partial charge on any atom is -0.344 e. The average molecular weight is 370 g/mol. The zero-order valence-electron chi connectivity index (χ0n) is 16.2. The molecule has 4 rings (SSSR count). The highest BCUT2D eigenvalue weighted by atomic mass is 16.2. The molecular formula is C25H26N2O. The fourth-order valence-corrected chi connectivity index (χ4v) is 3.93. The van der Waals surface area contributed by atoms with Crippen molar-refractivity contribution in [3.8, 4) is 0 Å². The lowest BCUT2D eigenvalue weighted by atomic mass is 9.97. The number of hydrogen-bond acceptors (Lipinski definition) is 2. The normalized spacial score (nSPS) is 15.1. The molecule has 3 heteroatoms. The smallest absolute Gasteiger partial charge is 0.237 e. The molecule has 3 aromatic carbocycles. The molecule has 28 heavy (non-hydrogen) atoms. The molecule has 1 amide bonds. The van der Waals surface area contributed by atoms with Crippen molar-refractivity contribution in [3.05, 3.63) is 107 Å². The molecule has 1 heterocycles. The first-order valence-corrected chi connectivity index (χ1v) is 9.93. The van der Waals surface area contributed by atoms with Gasteiger partial charge in [-0.05, 0) is 35.6 Å². The van der Waals surface area contributed by atoms with Gasteiger partial charge in [0.15, 0.2) is 0 Å². The van der Waals surface area contributed by atoms with Gasteiger partial charge in [-0.1, -0.05) is 84.9 Å². The Hall–Kier alpha value is -2.91. The number of carbonyl (C=O) groups is 1. The average Bonchev–Trinajstić information content (AvgIpc) is 2.77. The number of carbonyl (C=O) groups excluding carboxylic acids is 1. The Balaban J connectivity index is 1.52. The van der Waals surface area contributed by atoms with E-state index >= 15 is 0 Å². The summed E-state index contributed by atoms with van der Waals surface area (Å²) in [6.07, 6.45) is 0.995. The molecule has 0 aliphatic carbocycles. The lowest BCUT2D eigenvalue weighted by Gasteiger charge is -2.34.